The van der Waals surface area contributed by atoms with Gasteiger partial charge in [-0.25, -0.2) is 12.2 Å². The van der Waals surface area contributed by atoms with Crippen molar-refractivity contribution in [3.05, 3.63) is 202 Å². The minimum absolute atomic E-state index is 0. The van der Waals surface area contributed by atoms with Gasteiger partial charge in [0.1, 0.15) is 0 Å². The molecule has 0 aliphatic heterocycles. The van der Waals surface area contributed by atoms with E-state index in [1.165, 1.54) is 91.0 Å². The van der Waals surface area contributed by atoms with Gasteiger partial charge in [-0.3, -0.25) is 6.08 Å². The number of fused-ring (bicyclic) bond motifs is 3. The molecule has 56 heavy (non-hydrogen) atoms. The quantitative estimate of drug-likeness (QED) is 0.155. The van der Waals surface area contributed by atoms with E-state index in [0.717, 1.165) is 17.9 Å². The molecular weight excluding hydrogens is 822 g/mol. The van der Waals surface area contributed by atoms with Gasteiger partial charge in [0.25, 0.3) is 0 Å². The zero-order valence-corrected chi connectivity index (χ0v) is 38.4. The summed E-state index contributed by atoms with van der Waals surface area (Å²) in [6, 6.07) is 51.5. The van der Waals surface area contributed by atoms with Crippen LogP contribution < -0.4 is 0 Å². The summed E-state index contributed by atoms with van der Waals surface area (Å²) in [5, 5.41) is 0.802. The summed E-state index contributed by atoms with van der Waals surface area (Å²) in [6.45, 7) is 16.0. The molecular formula is C52H52Cl3Zr-3. The Balaban J connectivity index is 0.000000296. The Kier molecular flexibility index (Phi) is 18.2. The van der Waals surface area contributed by atoms with Crippen LogP contribution in [0.4, 0.5) is 0 Å². The molecule has 0 saturated carbocycles. The van der Waals surface area contributed by atoms with Gasteiger partial charge in [-0.1, -0.05) is 138 Å². The first-order chi connectivity index (χ1) is 25.8. The number of aryl methyl sites for hydroxylation is 1. The molecule has 0 saturated heterocycles. The SMILES string of the molecule is CC(C)(C)c1cc2c([c-]c1-c1ccccc1)Cc1cc(-c3ccccc3)c(C(C)(C)C)cc1-2.Cc1cc[c-]cc1.Cl.Cl.Clc1ccc([CH]=[Zr])cc1.[C-]1=CC=CC1. The molecule has 2 aliphatic rings. The molecule has 6 aromatic carbocycles. The Bertz CT molecular complexity index is 2070. The van der Waals surface area contributed by atoms with E-state index < -0.39 is 0 Å². The number of hydrogen-bond acceptors (Lipinski definition) is 0. The third-order valence-corrected chi connectivity index (χ3v) is 10.4. The predicted molar refractivity (Wildman–Crippen MR) is 244 cm³/mol. The van der Waals surface area contributed by atoms with Gasteiger partial charge in [-0.2, -0.15) is 42.0 Å². The summed E-state index contributed by atoms with van der Waals surface area (Å²) in [5.41, 5.74) is 16.0. The van der Waals surface area contributed by atoms with Crippen LogP contribution in [0, 0.1) is 25.1 Å². The van der Waals surface area contributed by atoms with Crippen LogP contribution in [0.3, 0.4) is 0 Å². The largest absolute Gasteiger partial charge is 0.273 e. The van der Waals surface area contributed by atoms with E-state index in [1.54, 1.807) is 0 Å². The van der Waals surface area contributed by atoms with Crippen molar-refractivity contribution in [2.75, 3.05) is 0 Å². The molecule has 0 unspecified atom stereocenters. The smallest absolute Gasteiger partial charge is 0.109 e. The van der Waals surface area contributed by atoms with Crippen molar-refractivity contribution in [2.24, 2.45) is 0 Å². The molecule has 0 atom stereocenters. The molecule has 0 N–H and O–H groups in total. The molecule has 2 aliphatic carbocycles. The predicted octanol–water partition coefficient (Wildman–Crippen LogP) is 15.0. The fourth-order valence-electron chi connectivity index (χ4n) is 6.47. The van der Waals surface area contributed by atoms with E-state index in [1.807, 2.05) is 60.7 Å². The molecule has 288 valence electrons. The number of rotatable bonds is 3. The number of allylic oxidation sites excluding steroid dienone is 4. The third-order valence-electron chi connectivity index (χ3n) is 9.33. The standard InChI is InChI=1S/C33H33.C7H5Cl.C7H7.C5H5.2ClH.Zr/c1-32(2,3)30-20-26-24(18-28(30)22-13-9-7-10-14-22)17-25-19-29(23-15-11-8-12-16-23)31(21-27(25)26)33(4,5)6;1-6-2-4-7(8)5-3-6;1-7-5-3-2-4-6-7;1-2-4-5-3-1;;;/h7-16,18,20-21H,17H2,1-6H3;1-5H;3-6H,1H3;1-3H,4H2;2*1H;/q-1;;2*-1;;;. The van der Waals surface area contributed by atoms with Crippen molar-refractivity contribution in [3.63, 3.8) is 0 Å². The Morgan fingerprint density at radius 3 is 1.70 bits per heavy atom. The average Bonchev–Trinajstić information content (AvgIpc) is 3.87. The van der Waals surface area contributed by atoms with Gasteiger partial charge in [-0.05, 0) is 39.5 Å². The van der Waals surface area contributed by atoms with Crippen LogP contribution in [0.25, 0.3) is 33.4 Å². The van der Waals surface area contributed by atoms with Crippen molar-refractivity contribution >= 4 is 40.1 Å². The Morgan fingerprint density at radius 1 is 0.661 bits per heavy atom. The van der Waals surface area contributed by atoms with Crippen LogP contribution in [0.1, 0.15) is 81.3 Å². The fraction of sp³-hybridized carbons (Fsp3) is 0.212. The zero-order chi connectivity index (χ0) is 38.7. The molecule has 0 aromatic heterocycles. The molecule has 0 spiro atoms. The number of benzene rings is 6. The normalized spacial score (nSPS) is 11.8. The Labute approximate surface area is 369 Å². The maximum Gasteiger partial charge on any atom is -0.109 e. The van der Waals surface area contributed by atoms with Gasteiger partial charge < -0.3 is 0 Å². The third kappa shape index (κ3) is 13.0. The first-order valence-corrected chi connectivity index (χ1v) is 20.4. The van der Waals surface area contributed by atoms with Crippen LogP contribution in [0.2, 0.25) is 5.02 Å². The molecule has 6 aromatic rings. The van der Waals surface area contributed by atoms with E-state index in [-0.39, 0.29) is 35.6 Å². The van der Waals surface area contributed by atoms with Crippen molar-refractivity contribution in [1.82, 2.24) is 0 Å². The first-order valence-electron chi connectivity index (χ1n) is 18.6. The van der Waals surface area contributed by atoms with E-state index in [9.17, 15) is 0 Å². The van der Waals surface area contributed by atoms with Gasteiger partial charge in [0, 0.05) is 0 Å². The minimum Gasteiger partial charge on any atom is -0.273 e. The van der Waals surface area contributed by atoms with Gasteiger partial charge in [0.15, 0.2) is 0 Å². The second kappa shape index (κ2) is 21.8. The van der Waals surface area contributed by atoms with E-state index >= 15 is 0 Å². The summed E-state index contributed by atoms with van der Waals surface area (Å²) in [5.74, 6) is 0. The number of halogens is 3. The molecule has 4 heteroatoms. The van der Waals surface area contributed by atoms with Gasteiger partial charge in [0.05, 0.1) is 0 Å². The van der Waals surface area contributed by atoms with Crippen molar-refractivity contribution in [2.45, 2.75) is 72.1 Å². The fourth-order valence-corrected chi connectivity index (χ4v) is 7.07. The summed E-state index contributed by atoms with van der Waals surface area (Å²) in [6.07, 6.45) is 10.9. The molecule has 0 heterocycles. The number of hydrogen-bond donors (Lipinski definition) is 0. The summed E-state index contributed by atoms with van der Waals surface area (Å²) < 4.78 is 2.13. The summed E-state index contributed by atoms with van der Waals surface area (Å²) in [7, 11) is 0. The van der Waals surface area contributed by atoms with E-state index in [0.29, 0.717) is 0 Å². The Hall–Kier alpha value is -3.58. The maximum atomic E-state index is 5.66. The van der Waals surface area contributed by atoms with Crippen LogP contribution in [0.5, 0.6) is 0 Å². The van der Waals surface area contributed by atoms with Crippen LogP contribution in [-0.2, 0) is 41.5 Å². The molecule has 8 rings (SSSR count). The van der Waals surface area contributed by atoms with Gasteiger partial charge in [-0.15, -0.1) is 60.1 Å². The molecule has 0 amide bonds. The first kappa shape index (κ1) is 46.8. The van der Waals surface area contributed by atoms with Crippen LogP contribution in [0.15, 0.2) is 146 Å². The van der Waals surface area contributed by atoms with Gasteiger partial charge >= 0.3 is 74.4 Å². The van der Waals surface area contributed by atoms with Crippen molar-refractivity contribution < 1.29 is 24.2 Å². The molecule has 0 radical (unpaired) electrons. The van der Waals surface area contributed by atoms with Crippen molar-refractivity contribution in [1.29, 1.82) is 0 Å². The molecule has 0 nitrogen and oxygen atoms in total. The van der Waals surface area contributed by atoms with E-state index in [2.05, 4.69) is 155 Å². The van der Waals surface area contributed by atoms with Crippen molar-refractivity contribution in [3.8, 4) is 33.4 Å². The summed E-state index contributed by atoms with van der Waals surface area (Å²) in [4.78, 5) is 0. The van der Waals surface area contributed by atoms with Crippen LogP contribution >= 0.6 is 36.4 Å². The van der Waals surface area contributed by atoms with Crippen LogP contribution in [-0.4, -0.2) is 3.71 Å². The summed E-state index contributed by atoms with van der Waals surface area (Å²) >= 11 is 7.08. The van der Waals surface area contributed by atoms with E-state index in [4.69, 9.17) is 11.6 Å². The topological polar surface area (TPSA) is 0 Å². The Morgan fingerprint density at radius 2 is 1.23 bits per heavy atom. The monoisotopic (exact) mass is 871 g/mol. The second-order valence-corrected chi connectivity index (χ2v) is 16.8. The van der Waals surface area contributed by atoms with Gasteiger partial charge in [0.2, 0.25) is 0 Å². The maximum absolute atomic E-state index is 5.66. The average molecular weight is 875 g/mol. The minimum atomic E-state index is 0. The molecule has 0 fully saturated rings. The zero-order valence-electron chi connectivity index (χ0n) is 33.5. The second-order valence-electron chi connectivity index (χ2n) is 15.7. The molecule has 0 bridgehead atoms.